The normalized spacial score (nSPS) is 19.8. The van der Waals surface area contributed by atoms with Crippen molar-refractivity contribution in [1.82, 2.24) is 9.97 Å². The lowest BCUT2D eigenvalue weighted by Crippen LogP contribution is -2.36. The van der Waals surface area contributed by atoms with Crippen LogP contribution in [0.5, 0.6) is 0 Å². The van der Waals surface area contributed by atoms with E-state index in [4.69, 9.17) is 5.73 Å². The molecule has 2 N–H and O–H groups in total. The Kier molecular flexibility index (Phi) is 3.89. The molecular formula is C15H22N4S. The molecule has 1 saturated heterocycles. The van der Waals surface area contributed by atoms with Gasteiger partial charge < -0.3 is 10.6 Å². The van der Waals surface area contributed by atoms with Crippen LogP contribution >= 0.6 is 11.3 Å². The number of nitrogens with two attached hydrogens (primary N) is 1. The lowest BCUT2D eigenvalue weighted by Gasteiger charge is -2.33. The third-order valence-electron chi connectivity index (χ3n) is 4.34. The fraction of sp³-hybridized carbons (Fsp3) is 0.600. The van der Waals surface area contributed by atoms with Crippen LogP contribution in [0.4, 0.5) is 5.82 Å². The highest BCUT2D eigenvalue weighted by Gasteiger charge is 2.23. The summed E-state index contributed by atoms with van der Waals surface area (Å²) >= 11 is 1.77. The number of nitrogens with zero attached hydrogens (tertiary/aromatic N) is 3. The predicted molar refractivity (Wildman–Crippen MR) is 85.5 cm³/mol. The van der Waals surface area contributed by atoms with Gasteiger partial charge in [-0.3, -0.25) is 0 Å². The molecule has 1 fully saturated rings. The van der Waals surface area contributed by atoms with Gasteiger partial charge >= 0.3 is 0 Å². The Balaban J connectivity index is 1.97. The summed E-state index contributed by atoms with van der Waals surface area (Å²) in [6.07, 6.45) is 5.36. The van der Waals surface area contributed by atoms with Gasteiger partial charge in [-0.05, 0) is 51.1 Å². The molecule has 0 bridgehead atoms. The molecule has 0 amide bonds. The van der Waals surface area contributed by atoms with Crippen LogP contribution in [0.15, 0.2) is 6.33 Å². The minimum Gasteiger partial charge on any atom is -0.356 e. The van der Waals surface area contributed by atoms with E-state index in [9.17, 15) is 0 Å². The van der Waals surface area contributed by atoms with E-state index in [1.54, 1.807) is 17.7 Å². The van der Waals surface area contributed by atoms with E-state index in [1.165, 1.54) is 28.7 Å². The Labute approximate surface area is 124 Å². The summed E-state index contributed by atoms with van der Waals surface area (Å²) < 4.78 is 0. The Morgan fingerprint density at radius 3 is 3.05 bits per heavy atom. The molecule has 1 atom stereocenters. The summed E-state index contributed by atoms with van der Waals surface area (Å²) in [6, 6.07) is 0. The number of aryl methyl sites for hydroxylation is 2. The number of thiophene rings is 1. The summed E-state index contributed by atoms with van der Waals surface area (Å²) in [7, 11) is 0. The van der Waals surface area contributed by atoms with Crippen molar-refractivity contribution in [3.8, 4) is 0 Å². The zero-order valence-corrected chi connectivity index (χ0v) is 13.0. The molecule has 20 heavy (non-hydrogen) atoms. The SMILES string of the molecule is Cc1sc2ncnc(N3CCCC(CCN)C3)c2c1C. The molecule has 3 rings (SSSR count). The van der Waals surface area contributed by atoms with E-state index in [0.717, 1.165) is 36.7 Å². The van der Waals surface area contributed by atoms with E-state index < -0.39 is 0 Å². The first kappa shape index (κ1) is 13.8. The highest BCUT2D eigenvalue weighted by Crippen LogP contribution is 2.35. The van der Waals surface area contributed by atoms with Crippen LogP contribution in [0.1, 0.15) is 29.7 Å². The van der Waals surface area contributed by atoms with Crippen LogP contribution in [0.25, 0.3) is 10.2 Å². The lowest BCUT2D eigenvalue weighted by molar-refractivity contribution is 0.395. The summed E-state index contributed by atoms with van der Waals surface area (Å²) in [5, 5.41) is 1.25. The van der Waals surface area contributed by atoms with Gasteiger partial charge in [0.15, 0.2) is 0 Å². The molecule has 0 aliphatic carbocycles. The fourth-order valence-electron chi connectivity index (χ4n) is 3.13. The number of fused-ring (bicyclic) bond motifs is 1. The molecule has 5 heteroatoms. The standard InChI is InChI=1S/C15H22N4S/c1-10-11(2)20-15-13(10)14(17-9-18-15)19-7-3-4-12(8-19)5-6-16/h9,12H,3-8,16H2,1-2H3. The van der Waals surface area contributed by atoms with E-state index in [2.05, 4.69) is 28.7 Å². The molecule has 2 aromatic heterocycles. The van der Waals surface area contributed by atoms with Gasteiger partial charge in [0.25, 0.3) is 0 Å². The van der Waals surface area contributed by atoms with Crippen molar-refractivity contribution in [1.29, 1.82) is 0 Å². The van der Waals surface area contributed by atoms with Crippen molar-refractivity contribution in [2.24, 2.45) is 11.7 Å². The molecule has 4 nitrogen and oxygen atoms in total. The third kappa shape index (κ3) is 2.40. The quantitative estimate of drug-likeness (QED) is 0.944. The number of hydrogen-bond donors (Lipinski definition) is 1. The zero-order chi connectivity index (χ0) is 14.1. The van der Waals surface area contributed by atoms with Gasteiger partial charge in [-0.1, -0.05) is 0 Å². The van der Waals surface area contributed by atoms with Crippen molar-refractivity contribution >= 4 is 27.4 Å². The highest BCUT2D eigenvalue weighted by atomic mass is 32.1. The van der Waals surface area contributed by atoms with Crippen molar-refractivity contribution in [2.45, 2.75) is 33.1 Å². The average Bonchev–Trinajstić information content (AvgIpc) is 2.75. The van der Waals surface area contributed by atoms with Gasteiger partial charge in [0.05, 0.1) is 5.39 Å². The van der Waals surface area contributed by atoms with Gasteiger partial charge in [-0.15, -0.1) is 11.3 Å². The molecule has 0 aromatic carbocycles. The fourth-order valence-corrected chi connectivity index (χ4v) is 4.12. The van der Waals surface area contributed by atoms with E-state index >= 15 is 0 Å². The molecular weight excluding hydrogens is 268 g/mol. The maximum absolute atomic E-state index is 5.72. The Morgan fingerprint density at radius 1 is 1.40 bits per heavy atom. The second-order valence-electron chi connectivity index (χ2n) is 5.69. The summed E-state index contributed by atoms with van der Waals surface area (Å²) in [5.74, 6) is 1.83. The first-order valence-electron chi connectivity index (χ1n) is 7.36. The van der Waals surface area contributed by atoms with E-state index in [0.29, 0.717) is 5.92 Å². The van der Waals surface area contributed by atoms with Crippen LogP contribution in [-0.2, 0) is 0 Å². The molecule has 1 aliphatic heterocycles. The zero-order valence-electron chi connectivity index (χ0n) is 12.2. The molecule has 1 aliphatic rings. The number of aromatic nitrogens is 2. The predicted octanol–water partition coefficient (Wildman–Crippen LogP) is 2.87. The van der Waals surface area contributed by atoms with E-state index in [-0.39, 0.29) is 0 Å². The molecule has 0 spiro atoms. The molecule has 108 valence electrons. The first-order valence-corrected chi connectivity index (χ1v) is 8.18. The lowest BCUT2D eigenvalue weighted by atomic mass is 9.94. The van der Waals surface area contributed by atoms with Crippen LogP contribution in [0, 0.1) is 19.8 Å². The van der Waals surface area contributed by atoms with Gasteiger partial charge in [-0.2, -0.15) is 0 Å². The van der Waals surface area contributed by atoms with Gasteiger partial charge in [0, 0.05) is 18.0 Å². The minimum absolute atomic E-state index is 0.707. The molecule has 0 saturated carbocycles. The summed E-state index contributed by atoms with van der Waals surface area (Å²) in [6.45, 7) is 7.31. The van der Waals surface area contributed by atoms with Gasteiger partial charge in [0.1, 0.15) is 17.0 Å². The minimum atomic E-state index is 0.707. The largest absolute Gasteiger partial charge is 0.356 e. The maximum Gasteiger partial charge on any atom is 0.141 e. The Bertz CT molecular complexity index is 605. The number of hydrogen-bond acceptors (Lipinski definition) is 5. The van der Waals surface area contributed by atoms with Crippen LogP contribution in [-0.4, -0.2) is 29.6 Å². The second kappa shape index (κ2) is 5.66. The molecule has 3 heterocycles. The number of anilines is 1. The Morgan fingerprint density at radius 2 is 2.25 bits per heavy atom. The molecule has 1 unspecified atom stereocenters. The van der Waals surface area contributed by atoms with Crippen molar-refractivity contribution in [3.05, 3.63) is 16.8 Å². The maximum atomic E-state index is 5.72. The summed E-state index contributed by atoms with van der Waals surface area (Å²) in [5.41, 5.74) is 7.05. The van der Waals surface area contributed by atoms with Crippen LogP contribution in [0.2, 0.25) is 0 Å². The van der Waals surface area contributed by atoms with Crippen molar-refractivity contribution < 1.29 is 0 Å². The molecule has 2 aromatic rings. The van der Waals surface area contributed by atoms with Gasteiger partial charge in [0.2, 0.25) is 0 Å². The first-order chi connectivity index (χ1) is 9.70. The third-order valence-corrected chi connectivity index (χ3v) is 5.45. The van der Waals surface area contributed by atoms with E-state index in [1.807, 2.05) is 0 Å². The highest BCUT2D eigenvalue weighted by molar-refractivity contribution is 7.18. The second-order valence-corrected chi connectivity index (χ2v) is 6.90. The monoisotopic (exact) mass is 290 g/mol. The smallest absolute Gasteiger partial charge is 0.141 e. The topological polar surface area (TPSA) is 55.0 Å². The van der Waals surface area contributed by atoms with Crippen molar-refractivity contribution in [3.63, 3.8) is 0 Å². The van der Waals surface area contributed by atoms with Crippen molar-refractivity contribution in [2.75, 3.05) is 24.5 Å². The average molecular weight is 290 g/mol. The molecule has 0 radical (unpaired) electrons. The van der Waals surface area contributed by atoms with Crippen LogP contribution < -0.4 is 10.6 Å². The Hall–Kier alpha value is -1.20. The number of piperidine rings is 1. The van der Waals surface area contributed by atoms with Gasteiger partial charge in [-0.25, -0.2) is 9.97 Å². The van der Waals surface area contributed by atoms with Crippen LogP contribution in [0.3, 0.4) is 0 Å². The summed E-state index contributed by atoms with van der Waals surface area (Å²) in [4.78, 5) is 13.9. The number of rotatable bonds is 3.